The molecule has 0 amide bonds. The van der Waals surface area contributed by atoms with E-state index in [0.717, 1.165) is 17.8 Å². The Hall–Kier alpha value is -0.440. The summed E-state index contributed by atoms with van der Waals surface area (Å²) in [6, 6.07) is 9.66. The molecule has 2 aliphatic carbocycles. The molecule has 224 valence electrons. The van der Waals surface area contributed by atoms with Crippen LogP contribution in [0, 0.1) is 11.8 Å². The Balaban J connectivity index is 1.58. The van der Waals surface area contributed by atoms with Gasteiger partial charge in [0.05, 0.1) is 0 Å². The Bertz CT molecular complexity index is 931. The highest BCUT2D eigenvalue weighted by atomic mass is 32.1. The van der Waals surface area contributed by atoms with Gasteiger partial charge in [-0.2, -0.15) is 0 Å². The van der Waals surface area contributed by atoms with Crippen molar-refractivity contribution in [1.82, 2.24) is 0 Å². The molecule has 1 saturated heterocycles. The lowest BCUT2D eigenvalue weighted by atomic mass is 9.77. The Morgan fingerprint density at radius 1 is 0.725 bits per heavy atom. The maximum absolute atomic E-state index is 2.71. The van der Waals surface area contributed by atoms with Crippen molar-refractivity contribution >= 4 is 15.2 Å². The Morgan fingerprint density at radius 3 is 2.08 bits per heavy atom. The highest BCUT2D eigenvalue weighted by molar-refractivity contribution is 8.36. The van der Waals surface area contributed by atoms with Gasteiger partial charge in [0.15, 0.2) is 0 Å². The van der Waals surface area contributed by atoms with E-state index in [-0.39, 0.29) is 15.2 Å². The molecule has 40 heavy (non-hydrogen) atoms. The van der Waals surface area contributed by atoms with Crippen molar-refractivity contribution in [2.45, 2.75) is 154 Å². The van der Waals surface area contributed by atoms with Crippen molar-refractivity contribution < 1.29 is 0 Å². The molecule has 0 nitrogen and oxygen atoms in total. The van der Waals surface area contributed by atoms with Gasteiger partial charge in [-0.3, -0.25) is 0 Å². The third-order valence-corrected chi connectivity index (χ3v) is 20.1. The first-order valence-corrected chi connectivity index (χ1v) is 21.5. The van der Waals surface area contributed by atoms with Crippen molar-refractivity contribution in [3.8, 4) is 0 Å². The van der Waals surface area contributed by atoms with Crippen molar-refractivity contribution in [3.63, 3.8) is 0 Å². The summed E-state index contributed by atoms with van der Waals surface area (Å²) in [5, 5.41) is 2.57. The largest absolute Gasteiger partial charge is 0.0801 e. The van der Waals surface area contributed by atoms with Gasteiger partial charge in [-0.1, -0.05) is 169 Å². The fraction of sp³-hybridized carbons (Fsp3) is 0.737. The van der Waals surface area contributed by atoms with E-state index in [9.17, 15) is 0 Å². The van der Waals surface area contributed by atoms with E-state index >= 15 is 0 Å². The molecule has 0 bridgehead atoms. The van der Waals surface area contributed by atoms with Crippen LogP contribution in [0.4, 0.5) is 0 Å². The van der Waals surface area contributed by atoms with Crippen molar-refractivity contribution in [3.05, 3.63) is 58.9 Å². The molecular formula is C38H62P2. The first-order valence-electron chi connectivity index (χ1n) is 17.8. The van der Waals surface area contributed by atoms with Crippen molar-refractivity contribution in [2.75, 3.05) is 12.3 Å². The second kappa shape index (κ2) is 17.0. The zero-order valence-corrected chi connectivity index (χ0v) is 28.6. The summed E-state index contributed by atoms with van der Waals surface area (Å²) in [6.07, 6.45) is 36.6. The lowest BCUT2D eigenvalue weighted by Gasteiger charge is -2.63. The van der Waals surface area contributed by atoms with Gasteiger partial charge in [-0.25, -0.2) is 0 Å². The molecular weight excluding hydrogens is 518 g/mol. The minimum atomic E-state index is 0.119. The molecule has 6 atom stereocenters. The molecule has 1 saturated carbocycles. The summed E-state index contributed by atoms with van der Waals surface area (Å²) in [7, 11) is 0.243. The topological polar surface area (TPSA) is 0 Å². The summed E-state index contributed by atoms with van der Waals surface area (Å²) in [5.74, 6) is 2.45. The van der Waals surface area contributed by atoms with Gasteiger partial charge < -0.3 is 0 Å². The quantitative estimate of drug-likeness (QED) is 0.106. The number of rotatable bonds is 20. The Labute approximate surface area is 252 Å². The van der Waals surface area contributed by atoms with Gasteiger partial charge in [0.2, 0.25) is 0 Å². The number of hydrogen-bond acceptors (Lipinski definition) is 0. The van der Waals surface area contributed by atoms with Crippen LogP contribution in [-0.2, 0) is 6.42 Å². The van der Waals surface area contributed by atoms with Gasteiger partial charge in [-0.05, 0) is 78.6 Å². The van der Waals surface area contributed by atoms with E-state index < -0.39 is 0 Å². The number of allylic oxidation sites excluding steroid dienone is 4. The van der Waals surface area contributed by atoms with Gasteiger partial charge in [-0.15, -0.1) is 0 Å². The van der Waals surface area contributed by atoms with Crippen LogP contribution in [0.5, 0.6) is 0 Å². The molecule has 3 aliphatic rings. The monoisotopic (exact) mass is 580 g/mol. The van der Waals surface area contributed by atoms with Gasteiger partial charge in [0, 0.05) is 5.16 Å². The lowest BCUT2D eigenvalue weighted by molar-refractivity contribution is 0.376. The molecule has 2 heteroatoms. The van der Waals surface area contributed by atoms with E-state index in [0.29, 0.717) is 5.16 Å². The maximum atomic E-state index is 2.71. The highest BCUT2D eigenvalue weighted by Crippen LogP contribution is 2.98. The average molecular weight is 581 g/mol. The minimum Gasteiger partial charge on any atom is -0.0801 e. The third kappa shape index (κ3) is 7.19. The zero-order valence-electron chi connectivity index (χ0n) is 26.8. The number of aryl methyl sites for hydroxylation is 1. The predicted molar refractivity (Wildman–Crippen MR) is 185 cm³/mol. The summed E-state index contributed by atoms with van der Waals surface area (Å²) >= 11 is 0. The summed E-state index contributed by atoms with van der Waals surface area (Å²) in [4.78, 5) is 0. The summed E-state index contributed by atoms with van der Waals surface area (Å²) in [5.41, 5.74) is 3.40. The van der Waals surface area contributed by atoms with Crippen LogP contribution < -0.4 is 0 Å². The molecule has 0 radical (unpaired) electrons. The average Bonchev–Trinajstić information content (AvgIpc) is 3.32. The van der Waals surface area contributed by atoms with Gasteiger partial charge in [0.25, 0.3) is 0 Å². The van der Waals surface area contributed by atoms with E-state index in [4.69, 9.17) is 0 Å². The van der Waals surface area contributed by atoms with Crippen LogP contribution in [0.25, 0.3) is 0 Å². The zero-order chi connectivity index (χ0) is 28.2. The standard InChI is InChI=1S/C38H62P2/c1-5-9-12-14-15-17-20-29-39-37-28-22-25-33-31-35(34-26-19-18-24-32(34)23-8-4)36(27-11-7-3)38(33,37)40(39)30-21-16-13-10-6-2/h18-19,22,24-26,28,33,35-36H,5-17,20-21,23,27,29-31H2,1-4H3. The van der Waals surface area contributed by atoms with E-state index in [1.165, 1.54) is 116 Å². The highest BCUT2D eigenvalue weighted by Gasteiger charge is 2.68. The van der Waals surface area contributed by atoms with Crippen LogP contribution in [-0.4, -0.2) is 17.5 Å². The molecule has 0 N–H and O–H groups in total. The maximum Gasteiger partial charge on any atom is 0.0301 e. The van der Waals surface area contributed by atoms with Crippen LogP contribution in [0.1, 0.15) is 154 Å². The summed E-state index contributed by atoms with van der Waals surface area (Å²) in [6.45, 7) is 9.48. The predicted octanol–water partition coefficient (Wildman–Crippen LogP) is 13.4. The molecule has 1 heterocycles. The fourth-order valence-electron chi connectivity index (χ4n) is 8.52. The molecule has 4 rings (SSSR count). The van der Waals surface area contributed by atoms with Gasteiger partial charge in [0.1, 0.15) is 0 Å². The Morgan fingerprint density at radius 2 is 1.38 bits per heavy atom. The fourth-order valence-corrected chi connectivity index (χ4v) is 20.2. The van der Waals surface area contributed by atoms with Crippen molar-refractivity contribution in [2.24, 2.45) is 11.8 Å². The lowest BCUT2D eigenvalue weighted by Crippen LogP contribution is -2.47. The molecule has 1 aromatic carbocycles. The van der Waals surface area contributed by atoms with Crippen molar-refractivity contribution in [1.29, 1.82) is 0 Å². The normalized spacial score (nSPS) is 28.7. The van der Waals surface area contributed by atoms with Gasteiger partial charge >= 0.3 is 0 Å². The smallest absolute Gasteiger partial charge is 0.0301 e. The van der Waals surface area contributed by atoms with Crippen LogP contribution in [0.3, 0.4) is 0 Å². The SMILES string of the molecule is CCCCCCCCCP1C2=CC=CC3CC(c4ccccc4CCC)C(CCCC)C23P1CCCCCCC. The molecule has 1 aromatic rings. The molecule has 2 fully saturated rings. The van der Waals surface area contributed by atoms with Crippen LogP contribution in [0.15, 0.2) is 47.8 Å². The van der Waals surface area contributed by atoms with E-state index in [2.05, 4.69) is 70.2 Å². The van der Waals surface area contributed by atoms with Crippen LogP contribution in [0.2, 0.25) is 0 Å². The second-order valence-corrected chi connectivity index (χ2v) is 19.8. The Kier molecular flexibility index (Phi) is 13.8. The second-order valence-electron chi connectivity index (χ2n) is 13.2. The first-order chi connectivity index (χ1) is 19.7. The minimum absolute atomic E-state index is 0.119. The molecule has 1 spiro atoms. The van der Waals surface area contributed by atoms with E-state index in [1.54, 1.807) is 23.5 Å². The molecule has 0 aromatic heterocycles. The number of hydrogen-bond donors (Lipinski definition) is 0. The molecule has 1 aliphatic heterocycles. The first kappa shape index (κ1) is 32.5. The molecule has 6 unspecified atom stereocenters. The van der Waals surface area contributed by atoms with Crippen LogP contribution >= 0.6 is 15.2 Å². The number of unbranched alkanes of at least 4 members (excludes halogenated alkanes) is 11. The third-order valence-electron chi connectivity index (χ3n) is 10.4. The summed E-state index contributed by atoms with van der Waals surface area (Å²) < 4.78 is 0. The van der Waals surface area contributed by atoms with E-state index in [1.807, 2.05) is 5.31 Å². The number of benzene rings is 1.